The molecule has 0 unspecified atom stereocenters. The second-order valence-electron chi connectivity index (χ2n) is 5.66. The van der Waals surface area contributed by atoms with Gasteiger partial charge in [-0.1, -0.05) is 41.6 Å². The fraction of sp³-hybridized carbons (Fsp3) is 0.643. The lowest BCUT2D eigenvalue weighted by molar-refractivity contribution is -0.385. The minimum absolute atomic E-state index is 0.0251. The topological polar surface area (TPSA) is 65.1 Å². The van der Waals surface area contributed by atoms with E-state index in [2.05, 4.69) is 15.9 Å². The molecule has 2 rings (SSSR count). The zero-order valence-corrected chi connectivity index (χ0v) is 13.0. The minimum Gasteiger partial charge on any atom is -0.308 e. The monoisotopic (exact) mass is 342 g/mol. The summed E-state index contributed by atoms with van der Waals surface area (Å²) in [7, 11) is 0. The third kappa shape index (κ3) is 3.48. The fourth-order valence-electron chi connectivity index (χ4n) is 2.92. The minimum atomic E-state index is -0.455. The summed E-state index contributed by atoms with van der Waals surface area (Å²) in [4.78, 5) is 22.3. The number of nitro groups is 1. The van der Waals surface area contributed by atoms with E-state index in [-0.39, 0.29) is 16.7 Å². The van der Waals surface area contributed by atoms with E-state index in [4.69, 9.17) is 0 Å². The zero-order chi connectivity index (χ0) is 14.6. The molecule has 0 bridgehead atoms. The lowest BCUT2D eigenvalue weighted by atomic mass is 9.82. The Kier molecular flexibility index (Phi) is 4.96. The van der Waals surface area contributed by atoms with E-state index in [9.17, 15) is 14.9 Å². The van der Waals surface area contributed by atoms with E-state index in [0.717, 1.165) is 31.0 Å². The number of alkyl halides is 1. The molecule has 0 atom stereocenters. The highest BCUT2D eigenvalue weighted by Crippen LogP contribution is 2.38. The van der Waals surface area contributed by atoms with Crippen molar-refractivity contribution in [3.8, 4) is 0 Å². The van der Waals surface area contributed by atoms with E-state index in [1.165, 1.54) is 35.7 Å². The van der Waals surface area contributed by atoms with Crippen LogP contribution in [0.2, 0.25) is 0 Å². The maximum absolute atomic E-state index is 11.9. The Balaban J connectivity index is 2.28. The summed E-state index contributed by atoms with van der Waals surface area (Å²) in [5.74, 6) is 0. The lowest BCUT2D eigenvalue weighted by Crippen LogP contribution is -2.33. The largest absolute Gasteiger partial charge is 0.308 e. The van der Waals surface area contributed by atoms with Gasteiger partial charge in [0.05, 0.1) is 11.1 Å². The van der Waals surface area contributed by atoms with Gasteiger partial charge in [-0.05, 0) is 18.3 Å². The van der Waals surface area contributed by atoms with Gasteiger partial charge in [0.2, 0.25) is 0 Å². The molecular formula is C14H19BrN2O3. The predicted molar refractivity (Wildman–Crippen MR) is 81.3 cm³/mol. The Morgan fingerprint density at radius 2 is 1.90 bits per heavy atom. The Morgan fingerprint density at radius 1 is 1.25 bits per heavy atom. The lowest BCUT2D eigenvalue weighted by Gasteiger charge is -2.31. The summed E-state index contributed by atoms with van der Waals surface area (Å²) in [5, 5.41) is 11.7. The third-order valence-electron chi connectivity index (χ3n) is 4.13. The summed E-state index contributed by atoms with van der Waals surface area (Å²) in [6, 6.07) is 2.56. The maximum Gasteiger partial charge on any atom is 0.285 e. The molecule has 0 amide bonds. The van der Waals surface area contributed by atoms with Gasteiger partial charge in [0.25, 0.3) is 11.2 Å². The van der Waals surface area contributed by atoms with Gasteiger partial charge in [-0.15, -0.1) is 0 Å². The van der Waals surface area contributed by atoms with Gasteiger partial charge in [0, 0.05) is 24.0 Å². The van der Waals surface area contributed by atoms with Crippen LogP contribution in [-0.2, 0) is 6.54 Å². The maximum atomic E-state index is 11.9. The molecule has 20 heavy (non-hydrogen) atoms. The smallest absolute Gasteiger partial charge is 0.285 e. The van der Waals surface area contributed by atoms with Gasteiger partial charge in [0.1, 0.15) is 0 Å². The highest BCUT2D eigenvalue weighted by molar-refractivity contribution is 9.09. The van der Waals surface area contributed by atoms with Gasteiger partial charge in [-0.3, -0.25) is 14.9 Å². The first-order valence-electron chi connectivity index (χ1n) is 6.97. The van der Waals surface area contributed by atoms with Crippen molar-refractivity contribution in [1.29, 1.82) is 0 Å². The predicted octanol–water partition coefficient (Wildman–Crippen LogP) is 3.49. The number of hydrogen-bond donors (Lipinski definition) is 0. The van der Waals surface area contributed by atoms with E-state index >= 15 is 0 Å². The SMILES string of the molecule is O=c1ccc([N+](=O)[O-])cn1CC1(CBr)CCCCCC1. The first kappa shape index (κ1) is 15.2. The Labute approximate surface area is 126 Å². The Morgan fingerprint density at radius 3 is 2.45 bits per heavy atom. The van der Waals surface area contributed by atoms with Crippen molar-refractivity contribution in [3.63, 3.8) is 0 Å². The van der Waals surface area contributed by atoms with E-state index < -0.39 is 4.92 Å². The molecule has 1 aromatic heterocycles. The summed E-state index contributed by atoms with van der Waals surface area (Å²) < 4.78 is 1.50. The van der Waals surface area contributed by atoms with E-state index in [0.29, 0.717) is 6.54 Å². The molecule has 1 aliphatic rings. The fourth-order valence-corrected chi connectivity index (χ4v) is 3.66. The number of hydrogen-bond acceptors (Lipinski definition) is 3. The number of halogens is 1. The van der Waals surface area contributed by atoms with Gasteiger partial charge in [-0.25, -0.2) is 0 Å². The van der Waals surface area contributed by atoms with Crippen molar-refractivity contribution in [2.45, 2.75) is 45.1 Å². The number of rotatable bonds is 4. The van der Waals surface area contributed by atoms with E-state index in [1.54, 1.807) is 0 Å². The molecule has 1 aliphatic carbocycles. The second kappa shape index (κ2) is 6.52. The van der Waals surface area contributed by atoms with Gasteiger partial charge in [0.15, 0.2) is 0 Å². The summed E-state index contributed by atoms with van der Waals surface area (Å²) in [6.07, 6.45) is 8.29. The summed E-state index contributed by atoms with van der Waals surface area (Å²) >= 11 is 3.58. The molecule has 110 valence electrons. The molecule has 0 spiro atoms. The Hall–Kier alpha value is -1.17. The van der Waals surface area contributed by atoms with Crippen molar-refractivity contribution in [2.75, 3.05) is 5.33 Å². The highest BCUT2D eigenvalue weighted by atomic mass is 79.9. The average Bonchev–Trinajstić information content (AvgIpc) is 2.67. The van der Waals surface area contributed by atoms with Crippen LogP contribution in [-0.4, -0.2) is 14.8 Å². The standard InChI is InChI=1S/C14H19BrN2O3/c15-10-14(7-3-1-2-4-8-14)11-16-9-12(17(19)20)5-6-13(16)18/h5-6,9H,1-4,7-8,10-11H2. The first-order valence-corrected chi connectivity index (χ1v) is 8.09. The van der Waals surface area contributed by atoms with Crippen LogP contribution in [0.5, 0.6) is 0 Å². The van der Waals surface area contributed by atoms with Crippen LogP contribution in [0.4, 0.5) is 5.69 Å². The van der Waals surface area contributed by atoms with Crippen molar-refractivity contribution in [1.82, 2.24) is 4.57 Å². The van der Waals surface area contributed by atoms with Crippen LogP contribution in [0.25, 0.3) is 0 Å². The van der Waals surface area contributed by atoms with Crippen LogP contribution in [0.15, 0.2) is 23.1 Å². The van der Waals surface area contributed by atoms with Crippen molar-refractivity contribution in [2.24, 2.45) is 5.41 Å². The quantitative estimate of drug-likeness (QED) is 0.364. The van der Waals surface area contributed by atoms with Gasteiger partial charge >= 0.3 is 0 Å². The number of pyridine rings is 1. The molecule has 0 radical (unpaired) electrons. The summed E-state index contributed by atoms with van der Waals surface area (Å²) in [5.41, 5.74) is -0.154. The van der Waals surface area contributed by atoms with Crippen LogP contribution in [0, 0.1) is 15.5 Å². The Bertz CT molecular complexity index is 533. The van der Waals surface area contributed by atoms with Crippen LogP contribution >= 0.6 is 15.9 Å². The molecular weight excluding hydrogens is 324 g/mol. The van der Waals surface area contributed by atoms with Crippen LogP contribution in [0.1, 0.15) is 38.5 Å². The van der Waals surface area contributed by atoms with E-state index in [1.807, 2.05) is 0 Å². The van der Waals surface area contributed by atoms with Crippen molar-refractivity contribution < 1.29 is 4.92 Å². The van der Waals surface area contributed by atoms with Crippen molar-refractivity contribution in [3.05, 3.63) is 38.8 Å². The molecule has 1 fully saturated rings. The molecule has 5 nitrogen and oxygen atoms in total. The third-order valence-corrected chi connectivity index (χ3v) is 5.32. The zero-order valence-electron chi connectivity index (χ0n) is 11.4. The van der Waals surface area contributed by atoms with Gasteiger partial charge in [-0.2, -0.15) is 0 Å². The molecule has 0 N–H and O–H groups in total. The second-order valence-corrected chi connectivity index (χ2v) is 6.22. The molecule has 0 aromatic carbocycles. The molecule has 0 aliphatic heterocycles. The first-order chi connectivity index (χ1) is 9.56. The van der Waals surface area contributed by atoms with Crippen molar-refractivity contribution >= 4 is 21.6 Å². The molecule has 1 heterocycles. The average molecular weight is 343 g/mol. The summed E-state index contributed by atoms with van der Waals surface area (Å²) in [6.45, 7) is 0.554. The normalized spacial score (nSPS) is 18.4. The molecule has 1 saturated carbocycles. The van der Waals surface area contributed by atoms with Crippen LogP contribution in [0.3, 0.4) is 0 Å². The van der Waals surface area contributed by atoms with Gasteiger partial charge < -0.3 is 4.57 Å². The number of aromatic nitrogens is 1. The molecule has 6 heteroatoms. The molecule has 1 aromatic rings. The number of nitrogens with zero attached hydrogens (tertiary/aromatic N) is 2. The highest BCUT2D eigenvalue weighted by Gasteiger charge is 2.31. The van der Waals surface area contributed by atoms with Crippen LogP contribution < -0.4 is 5.56 Å². The molecule has 0 saturated heterocycles.